The number of rotatable bonds is 8. The molecule has 36 heavy (non-hydrogen) atoms. The molecule has 1 saturated heterocycles. The molecule has 22 heteroatoms. The standard InChI is InChI=1S/C14H20N5O13P3S/c1-3-4-14(21)9(20)8(6(2)30-34(25,26)32-35(27,28)31-33(22,23)24)29-12(14)19-5-16-7-10(19)17-13(15)18-11(7)36/h5-6,8-9,12,20-21H,1-2H3,(H,25,26)(H,27,28)(H2,22,23,24)(H3,15,17,18,36)/t6-,8-,9+,12-,14?/m1/s1. The van der Waals surface area contributed by atoms with Crippen molar-refractivity contribution in [3.8, 4) is 11.8 Å². The zero-order valence-corrected chi connectivity index (χ0v) is 21.6. The first-order valence-electron chi connectivity index (χ1n) is 9.43. The topological polar surface area (TPSA) is 282 Å². The summed E-state index contributed by atoms with van der Waals surface area (Å²) in [7, 11) is -17.0. The molecule has 3 rings (SSSR count). The highest BCUT2D eigenvalue weighted by Gasteiger charge is 2.58. The predicted molar refractivity (Wildman–Crippen MR) is 120 cm³/mol. The number of aliphatic hydroxyl groups excluding tert-OH is 1. The van der Waals surface area contributed by atoms with Crippen LogP contribution in [0.25, 0.3) is 11.2 Å². The molecule has 0 aromatic carbocycles. The van der Waals surface area contributed by atoms with E-state index in [2.05, 4.69) is 35.4 Å². The Labute approximate surface area is 206 Å². The van der Waals surface area contributed by atoms with Crippen LogP contribution >= 0.6 is 35.7 Å². The quantitative estimate of drug-likeness (QED) is 0.112. The number of aliphatic hydroxyl groups is 2. The Bertz CT molecular complexity index is 1430. The van der Waals surface area contributed by atoms with Crippen LogP contribution in [0.15, 0.2) is 6.33 Å². The van der Waals surface area contributed by atoms with Gasteiger partial charge >= 0.3 is 23.5 Å². The number of nitrogens with zero attached hydrogens (tertiary/aromatic N) is 3. The minimum Gasteiger partial charge on any atom is -0.386 e. The molecule has 1 aliphatic heterocycles. The summed E-state index contributed by atoms with van der Waals surface area (Å²) >= 11 is 5.10. The number of nitrogen functional groups attached to an aromatic ring is 1. The zero-order valence-electron chi connectivity index (χ0n) is 18.1. The Morgan fingerprint density at radius 2 is 1.92 bits per heavy atom. The van der Waals surface area contributed by atoms with E-state index in [9.17, 15) is 33.7 Å². The van der Waals surface area contributed by atoms with E-state index in [0.717, 1.165) is 6.92 Å². The number of H-pyrrole nitrogens is 1. The summed E-state index contributed by atoms with van der Waals surface area (Å²) < 4.78 is 53.5. The number of phosphoric ester groups is 1. The Morgan fingerprint density at radius 3 is 2.50 bits per heavy atom. The summed E-state index contributed by atoms with van der Waals surface area (Å²) in [5.74, 6) is 4.73. The molecule has 2 aromatic rings. The first kappa shape index (κ1) is 29.0. The van der Waals surface area contributed by atoms with Gasteiger partial charge in [-0.2, -0.15) is 8.62 Å². The molecule has 1 fully saturated rings. The van der Waals surface area contributed by atoms with Crippen molar-refractivity contribution in [1.82, 2.24) is 19.5 Å². The first-order chi connectivity index (χ1) is 16.4. The number of aromatic nitrogens is 4. The molecule has 18 nitrogen and oxygen atoms in total. The van der Waals surface area contributed by atoms with Crippen LogP contribution in [0.1, 0.15) is 20.1 Å². The number of fused-ring (bicyclic) bond motifs is 1. The Balaban J connectivity index is 1.92. The van der Waals surface area contributed by atoms with E-state index >= 15 is 0 Å². The van der Waals surface area contributed by atoms with Crippen molar-refractivity contribution in [3.05, 3.63) is 11.0 Å². The van der Waals surface area contributed by atoms with Gasteiger partial charge in [0, 0.05) is 0 Å². The number of hydrogen-bond acceptors (Lipinski definition) is 13. The van der Waals surface area contributed by atoms with Crippen molar-refractivity contribution in [3.63, 3.8) is 0 Å². The van der Waals surface area contributed by atoms with Crippen LogP contribution in [-0.4, -0.2) is 73.2 Å². The fourth-order valence-corrected chi connectivity index (χ4v) is 6.85. The van der Waals surface area contributed by atoms with Crippen LogP contribution in [-0.2, 0) is 31.6 Å². The van der Waals surface area contributed by atoms with Gasteiger partial charge in [0.15, 0.2) is 22.4 Å². The molecule has 3 unspecified atom stereocenters. The van der Waals surface area contributed by atoms with Gasteiger partial charge in [0.1, 0.15) is 23.4 Å². The van der Waals surface area contributed by atoms with Gasteiger partial charge in [-0.3, -0.25) is 9.09 Å². The minimum absolute atomic E-state index is 0.0150. The summed E-state index contributed by atoms with van der Waals surface area (Å²) in [5, 5.41) is 22.1. The molecule has 9 N–H and O–H groups in total. The summed E-state index contributed by atoms with van der Waals surface area (Å²) in [6.07, 6.45) is -5.58. The van der Waals surface area contributed by atoms with Gasteiger partial charge in [-0.25, -0.2) is 23.7 Å². The fraction of sp³-hybridized carbons (Fsp3) is 0.500. The third kappa shape index (κ3) is 6.10. The van der Waals surface area contributed by atoms with Crippen molar-refractivity contribution in [2.75, 3.05) is 5.73 Å². The first-order valence-corrected chi connectivity index (χ1v) is 14.4. The SMILES string of the molecule is CC#CC1(O)[C@@H](O)[C@@H]([C@@H](C)OP(=O)(O)OP(=O)(O)OP(=O)(O)O)O[C@H]1n1cnc2c(=S)nc(N)[nH]c21. The van der Waals surface area contributed by atoms with E-state index in [-0.39, 0.29) is 21.8 Å². The largest absolute Gasteiger partial charge is 0.490 e. The maximum Gasteiger partial charge on any atom is 0.490 e. The van der Waals surface area contributed by atoms with E-state index in [1.807, 2.05) is 0 Å². The van der Waals surface area contributed by atoms with E-state index in [1.54, 1.807) is 0 Å². The molecule has 0 amide bonds. The summed E-state index contributed by atoms with van der Waals surface area (Å²) in [4.78, 5) is 47.0. The predicted octanol–water partition coefficient (Wildman–Crippen LogP) is -0.184. The number of nitrogens with one attached hydrogen (secondary N) is 1. The lowest BCUT2D eigenvalue weighted by molar-refractivity contribution is -0.0831. The van der Waals surface area contributed by atoms with Crippen LogP contribution in [0.2, 0.25) is 0 Å². The van der Waals surface area contributed by atoms with E-state index in [1.165, 1.54) is 17.8 Å². The number of ether oxygens (including phenoxy) is 1. The normalized spacial score (nSPS) is 28.7. The number of hydrogen-bond donors (Lipinski definition) is 8. The van der Waals surface area contributed by atoms with Gasteiger partial charge in [-0.15, -0.1) is 5.92 Å². The van der Waals surface area contributed by atoms with Gasteiger partial charge in [0.05, 0.1) is 12.4 Å². The lowest BCUT2D eigenvalue weighted by atomic mass is 9.93. The molecule has 0 bridgehead atoms. The van der Waals surface area contributed by atoms with E-state index in [4.69, 9.17) is 37.0 Å². The average molecular weight is 591 g/mol. The number of aromatic amines is 1. The second-order valence-electron chi connectivity index (χ2n) is 7.28. The lowest BCUT2D eigenvalue weighted by Gasteiger charge is -2.27. The number of phosphoric acid groups is 3. The zero-order chi connectivity index (χ0) is 27.3. The monoisotopic (exact) mass is 591 g/mol. The molecular weight excluding hydrogens is 571 g/mol. The van der Waals surface area contributed by atoms with Gasteiger partial charge in [-0.05, 0) is 13.8 Å². The number of anilines is 1. The van der Waals surface area contributed by atoms with Crippen LogP contribution in [0.4, 0.5) is 5.95 Å². The van der Waals surface area contributed by atoms with Crippen LogP contribution in [0.5, 0.6) is 0 Å². The minimum atomic E-state index is -5.78. The van der Waals surface area contributed by atoms with E-state index in [0.29, 0.717) is 0 Å². The van der Waals surface area contributed by atoms with Crippen molar-refractivity contribution in [1.29, 1.82) is 0 Å². The summed E-state index contributed by atoms with van der Waals surface area (Å²) in [5.41, 5.74) is 3.61. The second-order valence-corrected chi connectivity index (χ2v) is 12.0. The van der Waals surface area contributed by atoms with Crippen LogP contribution < -0.4 is 5.73 Å². The molecule has 0 spiro atoms. The maximum atomic E-state index is 12.2. The molecule has 0 aliphatic carbocycles. The maximum absolute atomic E-state index is 12.2. The van der Waals surface area contributed by atoms with Crippen molar-refractivity contribution >= 4 is 52.8 Å². The molecular formula is C14H20N5O13P3S. The number of nitrogens with two attached hydrogens (primary N) is 1. The molecule has 0 saturated carbocycles. The average Bonchev–Trinajstić information content (AvgIpc) is 3.18. The van der Waals surface area contributed by atoms with Gasteiger partial charge in [0.25, 0.3) is 0 Å². The van der Waals surface area contributed by atoms with Crippen molar-refractivity contribution in [2.45, 2.75) is 44.0 Å². The van der Waals surface area contributed by atoms with Gasteiger partial charge in [0.2, 0.25) is 0 Å². The summed E-state index contributed by atoms with van der Waals surface area (Å²) in [6.45, 7) is 2.42. The molecule has 7 atom stereocenters. The van der Waals surface area contributed by atoms with Crippen molar-refractivity contribution in [2.24, 2.45) is 0 Å². The lowest BCUT2D eigenvalue weighted by Crippen LogP contribution is -2.47. The Morgan fingerprint density at radius 1 is 1.28 bits per heavy atom. The second kappa shape index (κ2) is 9.95. The molecule has 0 radical (unpaired) electrons. The molecule has 1 aliphatic rings. The highest BCUT2D eigenvalue weighted by molar-refractivity contribution is 7.71. The number of imidazole rings is 1. The highest BCUT2D eigenvalue weighted by Crippen LogP contribution is 2.66. The third-order valence-electron chi connectivity index (χ3n) is 4.65. The molecule has 2 aromatic heterocycles. The smallest absolute Gasteiger partial charge is 0.386 e. The van der Waals surface area contributed by atoms with Crippen LogP contribution in [0.3, 0.4) is 0 Å². The Hall–Kier alpha value is -1.58. The highest BCUT2D eigenvalue weighted by atomic mass is 32.1. The summed E-state index contributed by atoms with van der Waals surface area (Å²) in [6, 6.07) is 0. The van der Waals surface area contributed by atoms with Crippen LogP contribution in [0, 0.1) is 16.5 Å². The molecule has 3 heterocycles. The third-order valence-corrected chi connectivity index (χ3v) is 8.86. The van der Waals surface area contributed by atoms with Gasteiger partial charge in [-0.1, -0.05) is 18.1 Å². The van der Waals surface area contributed by atoms with Gasteiger partial charge < -0.3 is 45.2 Å². The van der Waals surface area contributed by atoms with Crippen molar-refractivity contribution < 1.29 is 61.4 Å². The molecule has 200 valence electrons. The Kier molecular flexibility index (Phi) is 8.01. The fourth-order valence-electron chi connectivity index (χ4n) is 3.40. The van der Waals surface area contributed by atoms with E-state index < -0.39 is 53.6 Å².